The van der Waals surface area contributed by atoms with Crippen molar-refractivity contribution >= 4 is 21.8 Å². The van der Waals surface area contributed by atoms with Crippen LogP contribution in [0.15, 0.2) is 91.0 Å². The van der Waals surface area contributed by atoms with Crippen LogP contribution in [-0.4, -0.2) is 19.5 Å². The van der Waals surface area contributed by atoms with Gasteiger partial charge in [0.15, 0.2) is 5.82 Å². The number of hydrogen-bond acceptors (Lipinski definition) is 4. The molecule has 5 aromatic carbocycles. The SMILES string of the molecule is Cc1ccc(-c2ccc3c4ccc(-c5ccc(C)cc5C)cc4n(-c4ccc(C#N)c(-c5nc(C)nc(C)n5)c4)c3c2)c(C)c1. The maximum Gasteiger partial charge on any atom is 0.164 e. The van der Waals surface area contributed by atoms with E-state index in [0.29, 0.717) is 28.6 Å². The van der Waals surface area contributed by atoms with Crippen molar-refractivity contribution in [2.45, 2.75) is 41.5 Å². The molecule has 0 unspecified atom stereocenters. The monoisotopic (exact) mass is 583 g/mol. The van der Waals surface area contributed by atoms with E-state index >= 15 is 0 Å². The molecule has 0 spiro atoms. The summed E-state index contributed by atoms with van der Waals surface area (Å²) in [4.78, 5) is 13.6. The van der Waals surface area contributed by atoms with Crippen molar-refractivity contribution < 1.29 is 0 Å². The summed E-state index contributed by atoms with van der Waals surface area (Å²) in [5.41, 5.74) is 14.1. The number of nitrogens with zero attached hydrogens (tertiary/aromatic N) is 5. The lowest BCUT2D eigenvalue weighted by Gasteiger charge is -2.13. The number of aromatic nitrogens is 4. The van der Waals surface area contributed by atoms with Crippen LogP contribution in [0.5, 0.6) is 0 Å². The van der Waals surface area contributed by atoms with Crippen molar-refractivity contribution in [2.75, 3.05) is 0 Å². The lowest BCUT2D eigenvalue weighted by molar-refractivity contribution is 0.927. The van der Waals surface area contributed by atoms with Crippen molar-refractivity contribution in [3.63, 3.8) is 0 Å². The number of fused-ring (bicyclic) bond motifs is 3. The van der Waals surface area contributed by atoms with Gasteiger partial charge in [-0.2, -0.15) is 5.26 Å². The Morgan fingerprint density at radius 3 is 1.56 bits per heavy atom. The Morgan fingerprint density at radius 1 is 0.533 bits per heavy atom. The molecule has 0 N–H and O–H groups in total. The Hall–Kier alpha value is -5.60. The number of nitriles is 1. The van der Waals surface area contributed by atoms with Gasteiger partial charge in [0.2, 0.25) is 0 Å². The summed E-state index contributed by atoms with van der Waals surface area (Å²) in [6.07, 6.45) is 0. The highest BCUT2D eigenvalue weighted by atomic mass is 15.0. The van der Waals surface area contributed by atoms with Gasteiger partial charge in [0, 0.05) is 22.0 Å². The molecule has 218 valence electrons. The molecule has 0 aliphatic rings. The van der Waals surface area contributed by atoms with Gasteiger partial charge in [0.1, 0.15) is 11.6 Å². The first-order chi connectivity index (χ1) is 21.7. The summed E-state index contributed by atoms with van der Waals surface area (Å²) in [6.45, 7) is 12.3. The third-order valence-electron chi connectivity index (χ3n) is 8.63. The highest BCUT2D eigenvalue weighted by Gasteiger charge is 2.18. The van der Waals surface area contributed by atoms with Crippen molar-refractivity contribution in [1.29, 1.82) is 5.26 Å². The zero-order valence-corrected chi connectivity index (χ0v) is 26.4. The molecule has 5 heteroatoms. The topological polar surface area (TPSA) is 67.4 Å². The molecule has 2 aromatic heterocycles. The summed E-state index contributed by atoms with van der Waals surface area (Å²) in [5, 5.41) is 12.4. The maximum atomic E-state index is 10.1. The second-order valence-corrected chi connectivity index (χ2v) is 12.0. The number of benzene rings is 5. The number of hydrogen-bond donors (Lipinski definition) is 0. The van der Waals surface area contributed by atoms with E-state index in [4.69, 9.17) is 0 Å². The number of aryl methyl sites for hydroxylation is 6. The Labute approximate surface area is 263 Å². The number of rotatable bonds is 4. The lowest BCUT2D eigenvalue weighted by atomic mass is 9.96. The summed E-state index contributed by atoms with van der Waals surface area (Å²) >= 11 is 0. The van der Waals surface area contributed by atoms with Crippen LogP contribution in [0.3, 0.4) is 0 Å². The van der Waals surface area contributed by atoms with Gasteiger partial charge in [-0.05, 0) is 105 Å². The molecule has 5 nitrogen and oxygen atoms in total. The van der Waals surface area contributed by atoms with E-state index in [-0.39, 0.29) is 0 Å². The third kappa shape index (κ3) is 4.95. The van der Waals surface area contributed by atoms with Crippen LogP contribution in [0, 0.1) is 52.9 Å². The molecule has 0 fully saturated rings. The van der Waals surface area contributed by atoms with E-state index in [1.54, 1.807) is 0 Å². The molecule has 0 radical (unpaired) electrons. The fraction of sp³-hybridized carbons (Fsp3) is 0.150. The van der Waals surface area contributed by atoms with E-state index in [0.717, 1.165) is 27.8 Å². The van der Waals surface area contributed by atoms with E-state index < -0.39 is 0 Å². The van der Waals surface area contributed by atoms with E-state index in [2.05, 4.69) is 126 Å². The average molecular weight is 584 g/mol. The van der Waals surface area contributed by atoms with Crippen molar-refractivity contribution in [2.24, 2.45) is 0 Å². The highest BCUT2D eigenvalue weighted by Crippen LogP contribution is 2.39. The van der Waals surface area contributed by atoms with E-state index in [1.807, 2.05) is 32.0 Å². The van der Waals surface area contributed by atoms with Gasteiger partial charge >= 0.3 is 0 Å². The third-order valence-corrected chi connectivity index (χ3v) is 8.63. The molecule has 7 rings (SSSR count). The largest absolute Gasteiger partial charge is 0.309 e. The fourth-order valence-electron chi connectivity index (χ4n) is 6.60. The summed E-state index contributed by atoms with van der Waals surface area (Å²) in [5.74, 6) is 1.76. The van der Waals surface area contributed by atoms with Gasteiger partial charge in [-0.15, -0.1) is 0 Å². The van der Waals surface area contributed by atoms with Crippen molar-refractivity contribution in [3.05, 3.63) is 130 Å². The zero-order chi connectivity index (χ0) is 31.4. The van der Waals surface area contributed by atoms with Crippen LogP contribution in [-0.2, 0) is 0 Å². The van der Waals surface area contributed by atoms with Crippen LogP contribution >= 0.6 is 0 Å². The first-order valence-electron chi connectivity index (χ1n) is 15.2. The minimum atomic E-state index is 0.506. The Kier molecular flexibility index (Phi) is 6.79. The highest BCUT2D eigenvalue weighted by molar-refractivity contribution is 6.11. The predicted molar refractivity (Wildman–Crippen MR) is 184 cm³/mol. The Morgan fingerprint density at radius 2 is 1.07 bits per heavy atom. The van der Waals surface area contributed by atoms with E-state index in [9.17, 15) is 5.26 Å². The molecule has 7 aromatic rings. The molecule has 0 saturated heterocycles. The summed E-state index contributed by atoms with van der Waals surface area (Å²) in [7, 11) is 0. The van der Waals surface area contributed by atoms with Gasteiger partial charge < -0.3 is 4.57 Å². The molecule has 45 heavy (non-hydrogen) atoms. The molecule has 0 aliphatic carbocycles. The van der Waals surface area contributed by atoms with Gasteiger partial charge in [-0.1, -0.05) is 71.8 Å². The maximum absolute atomic E-state index is 10.1. The molecule has 0 atom stereocenters. The van der Waals surface area contributed by atoms with Crippen molar-refractivity contribution in [1.82, 2.24) is 19.5 Å². The smallest absolute Gasteiger partial charge is 0.164 e. The van der Waals surface area contributed by atoms with Gasteiger partial charge in [-0.25, -0.2) is 15.0 Å². The molecule has 0 amide bonds. The standard InChI is InChI=1S/C40H33N5/c1-23-7-13-33(25(3)17-23)29-10-15-35-36-16-11-30(34-14-8-24(2)18-26(34)4)20-39(36)45(38(35)19-29)32-12-9-31(22-41)37(21-32)40-43-27(5)42-28(6)44-40/h7-21H,1-6H3. The van der Waals surface area contributed by atoms with E-state index in [1.165, 1.54) is 44.2 Å². The lowest BCUT2D eigenvalue weighted by Crippen LogP contribution is -2.02. The normalized spacial score (nSPS) is 11.3. The van der Waals surface area contributed by atoms with Crippen LogP contribution < -0.4 is 0 Å². The average Bonchev–Trinajstić information content (AvgIpc) is 3.33. The zero-order valence-electron chi connectivity index (χ0n) is 26.4. The van der Waals surface area contributed by atoms with Crippen molar-refractivity contribution in [3.8, 4) is 45.4 Å². The molecular weight excluding hydrogens is 550 g/mol. The van der Waals surface area contributed by atoms with Crippen LogP contribution in [0.2, 0.25) is 0 Å². The Bertz CT molecular complexity index is 2220. The van der Waals surface area contributed by atoms with Gasteiger partial charge in [-0.3, -0.25) is 0 Å². The quantitative estimate of drug-likeness (QED) is 0.207. The first-order valence-corrected chi connectivity index (χ1v) is 15.2. The van der Waals surface area contributed by atoms with Crippen LogP contribution in [0.4, 0.5) is 0 Å². The molecule has 0 aliphatic heterocycles. The van der Waals surface area contributed by atoms with Gasteiger partial charge in [0.05, 0.1) is 22.7 Å². The Balaban J connectivity index is 1.54. The molecule has 0 saturated carbocycles. The molecule has 2 heterocycles. The van der Waals surface area contributed by atoms with Gasteiger partial charge in [0.25, 0.3) is 0 Å². The summed E-state index contributed by atoms with van der Waals surface area (Å²) in [6, 6.07) is 35.0. The first kappa shape index (κ1) is 28.2. The van der Waals surface area contributed by atoms with Crippen LogP contribution in [0.25, 0.3) is 61.1 Å². The van der Waals surface area contributed by atoms with Crippen LogP contribution in [0.1, 0.15) is 39.5 Å². The molecule has 0 bridgehead atoms. The molecular formula is C40H33N5. The minimum Gasteiger partial charge on any atom is -0.309 e. The predicted octanol–water partition coefficient (Wildman–Crippen LogP) is 9.69. The second kappa shape index (κ2) is 10.8. The second-order valence-electron chi connectivity index (χ2n) is 12.0. The minimum absolute atomic E-state index is 0.506. The summed E-state index contributed by atoms with van der Waals surface area (Å²) < 4.78 is 2.32. The fourth-order valence-corrected chi connectivity index (χ4v) is 6.60.